The number of hydrogen-bond acceptors (Lipinski definition) is 5. The summed E-state index contributed by atoms with van der Waals surface area (Å²) in [7, 11) is 0. The van der Waals surface area contributed by atoms with Gasteiger partial charge in [0.15, 0.2) is 5.16 Å². The van der Waals surface area contributed by atoms with Gasteiger partial charge in [0.25, 0.3) is 0 Å². The molecule has 1 aromatic carbocycles. The van der Waals surface area contributed by atoms with Gasteiger partial charge in [-0.15, -0.1) is 10.2 Å². The number of aromatic nitrogens is 4. The number of nitrogen functional groups attached to an aromatic ring is 1. The number of nitrogens with zero attached hydrogens (tertiary/aromatic N) is 4. The Morgan fingerprint density at radius 3 is 2.91 bits per heavy atom. The molecule has 2 heterocycles. The van der Waals surface area contributed by atoms with Crippen molar-refractivity contribution in [3.8, 4) is 0 Å². The van der Waals surface area contributed by atoms with E-state index in [0.29, 0.717) is 12.0 Å². The fourth-order valence-corrected chi connectivity index (χ4v) is 3.72. The molecule has 112 valence electrons. The number of aryl methyl sites for hydroxylation is 1. The molecule has 0 saturated heterocycles. The lowest BCUT2D eigenvalue weighted by atomic mass is 10.1. The quantitative estimate of drug-likeness (QED) is 0.748. The van der Waals surface area contributed by atoms with Crippen LogP contribution in [0.3, 0.4) is 0 Å². The van der Waals surface area contributed by atoms with Crippen molar-refractivity contribution in [3.05, 3.63) is 41.6 Å². The Kier molecular flexibility index (Phi) is 3.26. The van der Waals surface area contributed by atoms with Gasteiger partial charge in [-0.3, -0.25) is 9.55 Å². The fourth-order valence-electron chi connectivity index (χ4n) is 2.72. The normalized spacial score (nSPS) is 14.6. The highest BCUT2D eigenvalue weighted by molar-refractivity contribution is 7.98. The Morgan fingerprint density at radius 2 is 2.09 bits per heavy atom. The molecule has 0 radical (unpaired) electrons. The van der Waals surface area contributed by atoms with Gasteiger partial charge >= 0.3 is 0 Å². The molecule has 2 N–H and O–H groups in total. The average Bonchev–Trinajstić information content (AvgIpc) is 3.28. The van der Waals surface area contributed by atoms with E-state index in [4.69, 9.17) is 5.73 Å². The van der Waals surface area contributed by atoms with E-state index >= 15 is 0 Å². The van der Waals surface area contributed by atoms with E-state index < -0.39 is 0 Å². The van der Waals surface area contributed by atoms with Gasteiger partial charge in [-0.05, 0) is 37.5 Å². The maximum Gasteiger partial charge on any atom is 0.222 e. The highest BCUT2D eigenvalue weighted by Crippen LogP contribution is 2.40. The third-order valence-corrected chi connectivity index (χ3v) is 4.88. The molecule has 4 rings (SSSR count). The number of pyridine rings is 1. The minimum Gasteiger partial charge on any atom is -0.368 e. The summed E-state index contributed by atoms with van der Waals surface area (Å²) in [6.45, 7) is 2.03. The van der Waals surface area contributed by atoms with Gasteiger partial charge in [0.1, 0.15) is 0 Å². The number of fused-ring (bicyclic) bond motifs is 1. The van der Waals surface area contributed by atoms with Crippen LogP contribution >= 0.6 is 11.8 Å². The van der Waals surface area contributed by atoms with Gasteiger partial charge in [-0.2, -0.15) is 0 Å². The summed E-state index contributed by atoms with van der Waals surface area (Å²) in [6.07, 6.45) is 2.35. The lowest BCUT2D eigenvalue weighted by Crippen LogP contribution is -2.02. The first-order valence-electron chi connectivity index (χ1n) is 7.41. The highest BCUT2D eigenvalue weighted by Gasteiger charge is 2.28. The second-order valence-electron chi connectivity index (χ2n) is 5.67. The molecular weight excluding hydrogens is 294 g/mol. The molecule has 1 aliphatic rings. The molecule has 5 nitrogen and oxygen atoms in total. The van der Waals surface area contributed by atoms with Crippen LogP contribution < -0.4 is 5.73 Å². The van der Waals surface area contributed by atoms with Crippen LogP contribution in [0.5, 0.6) is 0 Å². The van der Waals surface area contributed by atoms with Crippen molar-refractivity contribution in [2.45, 2.75) is 36.7 Å². The molecule has 22 heavy (non-hydrogen) atoms. The number of benzene rings is 1. The Hall–Kier alpha value is -2.08. The minimum absolute atomic E-state index is 0.494. The smallest absolute Gasteiger partial charge is 0.222 e. The van der Waals surface area contributed by atoms with Crippen molar-refractivity contribution in [3.63, 3.8) is 0 Å². The third kappa shape index (κ3) is 2.43. The summed E-state index contributed by atoms with van der Waals surface area (Å²) >= 11 is 1.69. The summed E-state index contributed by atoms with van der Waals surface area (Å²) in [5.41, 5.74) is 9.29. The van der Waals surface area contributed by atoms with Crippen LogP contribution in [0.15, 0.2) is 35.5 Å². The maximum absolute atomic E-state index is 5.93. The van der Waals surface area contributed by atoms with Gasteiger partial charge in [0, 0.05) is 22.9 Å². The zero-order valence-corrected chi connectivity index (χ0v) is 13.2. The molecule has 3 aromatic rings. The van der Waals surface area contributed by atoms with E-state index in [-0.39, 0.29) is 0 Å². The van der Waals surface area contributed by atoms with Gasteiger partial charge in [0.05, 0.1) is 5.52 Å². The van der Waals surface area contributed by atoms with Crippen molar-refractivity contribution in [2.75, 3.05) is 5.73 Å². The monoisotopic (exact) mass is 311 g/mol. The number of thioether (sulfide) groups is 1. The van der Waals surface area contributed by atoms with Gasteiger partial charge in [0.2, 0.25) is 5.95 Å². The van der Waals surface area contributed by atoms with Crippen LogP contribution in [0.25, 0.3) is 10.9 Å². The third-order valence-electron chi connectivity index (χ3n) is 3.89. The Balaban J connectivity index is 1.64. The first-order valence-corrected chi connectivity index (χ1v) is 8.39. The molecule has 1 saturated carbocycles. The molecule has 1 aliphatic carbocycles. The lowest BCUT2D eigenvalue weighted by Gasteiger charge is -2.09. The minimum atomic E-state index is 0.494. The van der Waals surface area contributed by atoms with E-state index in [1.54, 1.807) is 11.8 Å². The first-order chi connectivity index (χ1) is 10.7. The summed E-state index contributed by atoms with van der Waals surface area (Å²) in [5.74, 6) is 1.37. The van der Waals surface area contributed by atoms with Crippen LogP contribution in [0.4, 0.5) is 5.95 Å². The summed E-state index contributed by atoms with van der Waals surface area (Å²) in [4.78, 5) is 4.59. The van der Waals surface area contributed by atoms with E-state index in [1.807, 2.05) is 13.0 Å². The van der Waals surface area contributed by atoms with Crippen LogP contribution in [0.1, 0.15) is 30.1 Å². The molecule has 0 unspecified atom stereocenters. The number of rotatable bonds is 4. The van der Waals surface area contributed by atoms with E-state index in [0.717, 1.165) is 22.1 Å². The Labute approximate surface area is 132 Å². The second kappa shape index (κ2) is 5.28. The van der Waals surface area contributed by atoms with Crippen molar-refractivity contribution in [1.82, 2.24) is 19.7 Å². The molecule has 0 bridgehead atoms. The SMILES string of the molecule is Cc1cc(CSc2nnc(N)n2C2CC2)c2ccccc2n1. The van der Waals surface area contributed by atoms with E-state index in [9.17, 15) is 0 Å². The maximum atomic E-state index is 5.93. The highest BCUT2D eigenvalue weighted by atomic mass is 32.2. The predicted octanol–water partition coefficient (Wildman–Crippen LogP) is 3.34. The van der Waals surface area contributed by atoms with E-state index in [2.05, 4.69) is 44.0 Å². The first kappa shape index (κ1) is 13.6. The van der Waals surface area contributed by atoms with Crippen molar-refractivity contribution >= 4 is 28.6 Å². The zero-order valence-electron chi connectivity index (χ0n) is 12.4. The van der Waals surface area contributed by atoms with Gasteiger partial charge in [-0.25, -0.2) is 0 Å². The Morgan fingerprint density at radius 1 is 1.27 bits per heavy atom. The number of nitrogens with two attached hydrogens (primary N) is 1. The summed E-state index contributed by atoms with van der Waals surface area (Å²) in [6, 6.07) is 10.9. The van der Waals surface area contributed by atoms with Crippen molar-refractivity contribution in [2.24, 2.45) is 0 Å². The molecule has 2 aromatic heterocycles. The van der Waals surface area contributed by atoms with Crippen LogP contribution in [0.2, 0.25) is 0 Å². The largest absolute Gasteiger partial charge is 0.368 e. The fraction of sp³-hybridized carbons (Fsp3) is 0.312. The number of hydrogen-bond donors (Lipinski definition) is 1. The van der Waals surface area contributed by atoms with Crippen molar-refractivity contribution < 1.29 is 0 Å². The van der Waals surface area contributed by atoms with Crippen molar-refractivity contribution in [1.29, 1.82) is 0 Å². The zero-order chi connectivity index (χ0) is 15.1. The molecule has 0 amide bonds. The topological polar surface area (TPSA) is 69.6 Å². The molecule has 1 fully saturated rings. The predicted molar refractivity (Wildman–Crippen MR) is 88.7 cm³/mol. The number of anilines is 1. The second-order valence-corrected chi connectivity index (χ2v) is 6.61. The van der Waals surface area contributed by atoms with Crippen LogP contribution in [-0.4, -0.2) is 19.7 Å². The molecule has 6 heteroatoms. The van der Waals surface area contributed by atoms with Gasteiger partial charge in [-0.1, -0.05) is 30.0 Å². The lowest BCUT2D eigenvalue weighted by molar-refractivity contribution is 0.671. The Bertz CT molecular complexity index is 838. The average molecular weight is 311 g/mol. The van der Waals surface area contributed by atoms with Gasteiger partial charge < -0.3 is 5.73 Å². The summed E-state index contributed by atoms with van der Waals surface area (Å²) in [5, 5.41) is 10.4. The van der Waals surface area contributed by atoms with Crippen LogP contribution in [0, 0.1) is 6.92 Å². The summed E-state index contributed by atoms with van der Waals surface area (Å²) < 4.78 is 2.07. The molecule has 0 atom stereocenters. The molecular formula is C16H17N5S. The number of para-hydroxylation sites is 1. The molecule has 0 aliphatic heterocycles. The standard InChI is InChI=1S/C16H17N5S/c1-10-8-11(13-4-2-3-5-14(13)18-10)9-22-16-20-19-15(17)21(16)12-6-7-12/h2-5,8,12H,6-7,9H2,1H3,(H2,17,19). The molecule has 0 spiro atoms. The van der Waals surface area contributed by atoms with E-state index in [1.165, 1.54) is 23.8 Å². The van der Waals surface area contributed by atoms with Crippen LogP contribution in [-0.2, 0) is 5.75 Å².